The van der Waals surface area contributed by atoms with Crippen LogP contribution < -0.4 is 0 Å². The molecule has 0 saturated heterocycles. The van der Waals surface area contributed by atoms with Gasteiger partial charge in [-0.3, -0.25) is 0 Å². The van der Waals surface area contributed by atoms with Gasteiger partial charge in [-0.25, -0.2) is 0 Å². The summed E-state index contributed by atoms with van der Waals surface area (Å²) < 4.78 is 2.60. The van der Waals surface area contributed by atoms with Crippen molar-refractivity contribution in [1.82, 2.24) is 0 Å². The first-order chi connectivity index (χ1) is 14.7. The molecule has 2 aliphatic rings. The predicted molar refractivity (Wildman–Crippen MR) is 135 cm³/mol. The first kappa shape index (κ1) is 22.9. The Hall–Kier alpha value is -1.24. The van der Waals surface area contributed by atoms with Gasteiger partial charge >= 0.3 is 198 Å². The molecule has 0 heterocycles. The summed E-state index contributed by atoms with van der Waals surface area (Å²) in [5, 5.41) is 0. The van der Waals surface area contributed by atoms with Crippen molar-refractivity contribution in [3.05, 3.63) is 95.9 Å². The molecule has 2 aliphatic carbocycles. The van der Waals surface area contributed by atoms with E-state index in [1.807, 2.05) is 3.28 Å². The van der Waals surface area contributed by atoms with Crippen molar-refractivity contribution in [1.29, 1.82) is 0 Å². The van der Waals surface area contributed by atoms with Crippen LogP contribution in [0, 0.1) is 19.8 Å². The summed E-state index contributed by atoms with van der Waals surface area (Å²) >= 11 is -2.00. The molecule has 0 saturated carbocycles. The van der Waals surface area contributed by atoms with Gasteiger partial charge in [0, 0.05) is 0 Å². The van der Waals surface area contributed by atoms with Crippen LogP contribution in [-0.2, 0) is 20.4 Å². The van der Waals surface area contributed by atoms with Gasteiger partial charge in [-0.05, 0) is 0 Å². The Morgan fingerprint density at radius 2 is 1.35 bits per heavy atom. The molecule has 2 unspecified atom stereocenters. The standard InChI is InChI=1S/C18H17.C9H13.C2H6Si.Zr/c1-12-9-10-13(2)18-16(12)11-14(3)17(18)15-7-5-4-6-8-15;1-6-5-7(2)9(4)8(6)3;1-3-2;/h4-11H,1-3H3;6H,1-4H3;1-2H3;. The number of benzene rings is 2. The van der Waals surface area contributed by atoms with Crippen molar-refractivity contribution in [2.24, 2.45) is 5.92 Å². The number of allylic oxidation sites excluding steroid dienone is 5. The first-order valence-electron chi connectivity index (χ1n) is 11.6. The molecule has 0 aromatic heterocycles. The molecule has 2 atom stereocenters. The van der Waals surface area contributed by atoms with Gasteiger partial charge in [0.1, 0.15) is 0 Å². The van der Waals surface area contributed by atoms with E-state index in [0.717, 1.165) is 0 Å². The molecule has 2 aromatic rings. The van der Waals surface area contributed by atoms with Gasteiger partial charge in [0.15, 0.2) is 0 Å². The molecular formula is C29H36SiZr. The van der Waals surface area contributed by atoms with Gasteiger partial charge in [0.2, 0.25) is 0 Å². The molecule has 0 radical (unpaired) electrons. The molecular weight excluding hydrogens is 468 g/mol. The number of aryl methyl sites for hydroxylation is 2. The summed E-state index contributed by atoms with van der Waals surface area (Å²) in [5.74, 6) is 0.649. The maximum atomic E-state index is 2.62. The molecule has 2 heteroatoms. The quantitative estimate of drug-likeness (QED) is 0.369. The second-order valence-electron chi connectivity index (χ2n) is 9.83. The Bertz CT molecular complexity index is 1200. The van der Waals surface area contributed by atoms with Crippen LogP contribution >= 0.6 is 0 Å². The molecule has 0 bridgehead atoms. The minimum atomic E-state index is -2.00. The number of fused-ring (bicyclic) bond motifs is 1. The Morgan fingerprint density at radius 3 is 1.90 bits per heavy atom. The van der Waals surface area contributed by atoms with Crippen molar-refractivity contribution >= 4 is 11.0 Å². The van der Waals surface area contributed by atoms with E-state index in [2.05, 4.69) is 104 Å². The van der Waals surface area contributed by atoms with Gasteiger partial charge in [-0.2, -0.15) is 0 Å². The molecule has 31 heavy (non-hydrogen) atoms. The van der Waals surface area contributed by atoms with E-state index in [9.17, 15) is 0 Å². The second-order valence-corrected chi connectivity index (χ2v) is 27.2. The van der Waals surface area contributed by atoms with Gasteiger partial charge < -0.3 is 0 Å². The number of rotatable bonds is 3. The third-order valence-electron chi connectivity index (χ3n) is 7.86. The van der Waals surface area contributed by atoms with Crippen LogP contribution in [0.15, 0.2) is 68.0 Å². The average Bonchev–Trinajstić information content (AvgIpc) is 3.15. The molecule has 0 nitrogen and oxygen atoms in total. The number of hydrogen-bond acceptors (Lipinski definition) is 0. The van der Waals surface area contributed by atoms with Crippen LogP contribution in [0.1, 0.15) is 66.1 Å². The van der Waals surface area contributed by atoms with Crippen LogP contribution in [0.5, 0.6) is 0 Å². The Balaban J connectivity index is 2.05. The summed E-state index contributed by atoms with van der Waals surface area (Å²) in [7, 11) is 0. The molecule has 160 valence electrons. The van der Waals surface area contributed by atoms with Gasteiger partial charge in [0.05, 0.1) is 0 Å². The third kappa shape index (κ3) is 3.59. The van der Waals surface area contributed by atoms with Crippen LogP contribution in [0.3, 0.4) is 0 Å². The molecule has 4 rings (SSSR count). The average molecular weight is 504 g/mol. The molecule has 0 N–H and O–H groups in total. The van der Waals surface area contributed by atoms with E-state index >= 15 is 0 Å². The summed E-state index contributed by atoms with van der Waals surface area (Å²) in [4.78, 5) is 0. The van der Waals surface area contributed by atoms with Crippen LogP contribution in [0.2, 0.25) is 13.1 Å². The van der Waals surface area contributed by atoms with Crippen molar-refractivity contribution in [2.45, 2.75) is 65.2 Å². The van der Waals surface area contributed by atoms with Crippen LogP contribution in [0.4, 0.5) is 0 Å². The van der Waals surface area contributed by atoms with Gasteiger partial charge in [0.25, 0.3) is 0 Å². The van der Waals surface area contributed by atoms with Gasteiger partial charge in [-0.1, -0.05) is 0 Å². The molecule has 0 amide bonds. The predicted octanol–water partition coefficient (Wildman–Crippen LogP) is 8.31. The second kappa shape index (κ2) is 8.60. The SMILES string of the molecule is CC1=C(C)C(C)[C]([Zr]([CH]2C(C)=C(c3ccccc3)c3c(C)ccc(C)c32)=[Si](C)C)=C1C. The zero-order valence-electron chi connectivity index (χ0n) is 20.7. The Labute approximate surface area is 197 Å². The molecule has 0 spiro atoms. The zero-order chi connectivity index (χ0) is 22.6. The fraction of sp³-hybridized carbons (Fsp3) is 0.379. The first-order valence-corrected chi connectivity index (χ1v) is 20.4. The van der Waals surface area contributed by atoms with E-state index in [1.165, 1.54) is 22.3 Å². The fourth-order valence-corrected chi connectivity index (χ4v) is 26.8. The monoisotopic (exact) mass is 502 g/mol. The minimum absolute atomic E-state index is 0.380. The Morgan fingerprint density at radius 1 is 0.742 bits per heavy atom. The van der Waals surface area contributed by atoms with Crippen molar-refractivity contribution < 1.29 is 20.4 Å². The summed E-state index contributed by atoms with van der Waals surface area (Å²) in [5.41, 5.74) is 15.3. The maximum absolute atomic E-state index is 2.62. The van der Waals surface area contributed by atoms with E-state index < -0.39 is 20.4 Å². The normalized spacial score (nSPS) is 20.7. The van der Waals surface area contributed by atoms with Crippen molar-refractivity contribution in [3.8, 4) is 0 Å². The zero-order valence-corrected chi connectivity index (χ0v) is 24.2. The van der Waals surface area contributed by atoms with Gasteiger partial charge in [-0.15, -0.1) is 0 Å². The number of hydrogen-bond donors (Lipinski definition) is 0. The van der Waals surface area contributed by atoms with E-state index in [-0.39, 0.29) is 5.43 Å². The fourth-order valence-electron chi connectivity index (χ4n) is 5.94. The summed E-state index contributed by atoms with van der Waals surface area (Å²) in [6, 6.07) is 15.9. The van der Waals surface area contributed by atoms with Crippen molar-refractivity contribution in [3.63, 3.8) is 0 Å². The van der Waals surface area contributed by atoms with E-state index in [0.29, 0.717) is 9.54 Å². The van der Waals surface area contributed by atoms with E-state index in [4.69, 9.17) is 0 Å². The Kier molecular flexibility index (Phi) is 6.36. The third-order valence-corrected chi connectivity index (χ3v) is 26.8. The molecule has 2 aromatic carbocycles. The topological polar surface area (TPSA) is 0 Å². The summed E-state index contributed by atoms with van der Waals surface area (Å²) in [6.07, 6.45) is 0. The molecule has 0 aliphatic heterocycles. The van der Waals surface area contributed by atoms with E-state index in [1.54, 1.807) is 33.4 Å². The van der Waals surface area contributed by atoms with Crippen molar-refractivity contribution in [2.75, 3.05) is 0 Å². The van der Waals surface area contributed by atoms with Crippen LogP contribution in [-0.4, -0.2) is 5.43 Å². The summed E-state index contributed by atoms with van der Waals surface area (Å²) in [6.45, 7) is 22.1. The molecule has 0 fully saturated rings. The van der Waals surface area contributed by atoms with Crippen LogP contribution in [0.25, 0.3) is 5.57 Å².